The molecule has 1 aromatic carbocycles. The number of hydrogen-bond donors (Lipinski definition) is 3. The number of aromatic amines is 1. The molecule has 0 atom stereocenters. The average molecular weight is 420 g/mol. The largest absolute Gasteiger partial charge is 0.507 e. The Kier molecular flexibility index (Phi) is 4.09. The van der Waals surface area contributed by atoms with Crippen LogP contribution in [0.25, 0.3) is 10.2 Å². The number of aromatic hydroxyl groups is 1. The minimum Gasteiger partial charge on any atom is -0.507 e. The third-order valence-electron chi connectivity index (χ3n) is 4.26. The summed E-state index contributed by atoms with van der Waals surface area (Å²) in [6.07, 6.45) is 2.95. The van der Waals surface area contributed by atoms with E-state index >= 15 is 0 Å². The smallest absolute Gasteiger partial charge is 0.287 e. The Balaban J connectivity index is 1.58. The number of phenols is 1. The zero-order valence-electron chi connectivity index (χ0n) is 13.1. The van der Waals surface area contributed by atoms with E-state index in [0.717, 1.165) is 30.4 Å². The fourth-order valence-electron chi connectivity index (χ4n) is 3.04. The summed E-state index contributed by atoms with van der Waals surface area (Å²) in [5, 5.41) is 12.9. The molecular weight excluding hydrogens is 406 g/mol. The van der Waals surface area contributed by atoms with Gasteiger partial charge < -0.3 is 15.4 Å². The van der Waals surface area contributed by atoms with E-state index in [0.29, 0.717) is 14.7 Å². The van der Waals surface area contributed by atoms with Crippen LogP contribution in [0, 0.1) is 0 Å². The maximum absolute atomic E-state index is 12.4. The highest BCUT2D eigenvalue weighted by atomic mass is 79.9. The number of benzene rings is 1. The Labute approximate surface area is 155 Å². The Morgan fingerprint density at radius 3 is 3.04 bits per heavy atom. The second-order valence-electron chi connectivity index (χ2n) is 5.92. The number of nitrogens with zero attached hydrogens (tertiary/aromatic N) is 1. The first-order chi connectivity index (χ1) is 12.0. The summed E-state index contributed by atoms with van der Waals surface area (Å²) in [6.45, 7) is 0.264. The molecule has 0 radical (unpaired) electrons. The Morgan fingerprint density at radius 2 is 2.24 bits per heavy atom. The van der Waals surface area contributed by atoms with E-state index in [2.05, 4.69) is 31.2 Å². The van der Waals surface area contributed by atoms with Gasteiger partial charge in [0.05, 0.1) is 9.86 Å². The first kappa shape index (κ1) is 16.3. The summed E-state index contributed by atoms with van der Waals surface area (Å²) in [5.74, 6) is -0.274. The maximum atomic E-state index is 12.4. The normalized spacial score (nSPS) is 13.2. The fourth-order valence-corrected chi connectivity index (χ4v) is 4.72. The van der Waals surface area contributed by atoms with Gasteiger partial charge in [-0.2, -0.15) is 0 Å². The molecule has 3 N–H and O–H groups in total. The van der Waals surface area contributed by atoms with Gasteiger partial charge in [0, 0.05) is 11.4 Å². The predicted molar refractivity (Wildman–Crippen MR) is 99.2 cm³/mol. The molecule has 0 fully saturated rings. The first-order valence-electron chi connectivity index (χ1n) is 7.83. The molecule has 2 aromatic heterocycles. The number of nitrogens with one attached hydrogen (secondary N) is 2. The summed E-state index contributed by atoms with van der Waals surface area (Å²) in [5.41, 5.74) is 1.66. The lowest BCUT2D eigenvalue weighted by molar-refractivity contribution is 0.0940. The summed E-state index contributed by atoms with van der Waals surface area (Å²) in [7, 11) is 0. The second-order valence-corrected chi connectivity index (χ2v) is 7.86. The van der Waals surface area contributed by atoms with E-state index in [-0.39, 0.29) is 23.7 Å². The van der Waals surface area contributed by atoms with Crippen LogP contribution in [-0.2, 0) is 19.4 Å². The third-order valence-corrected chi connectivity index (χ3v) is 6.08. The summed E-state index contributed by atoms with van der Waals surface area (Å²) in [6, 6.07) is 4.98. The van der Waals surface area contributed by atoms with Crippen molar-refractivity contribution in [3.8, 4) is 5.75 Å². The van der Waals surface area contributed by atoms with Crippen LogP contribution in [0.1, 0.15) is 33.0 Å². The van der Waals surface area contributed by atoms with Crippen molar-refractivity contribution in [3.05, 3.63) is 54.9 Å². The molecule has 128 valence electrons. The highest BCUT2D eigenvalue weighted by Gasteiger charge is 2.22. The molecule has 0 unspecified atom stereocenters. The zero-order valence-corrected chi connectivity index (χ0v) is 15.5. The lowest BCUT2D eigenvalue weighted by Crippen LogP contribution is -2.27. The van der Waals surface area contributed by atoms with Gasteiger partial charge in [0.1, 0.15) is 10.6 Å². The SMILES string of the molecule is O=C(NCc1ccc(O)c(Br)c1)c1nc2sc3c(c2c(=O)[nH]1)CCC3. The molecule has 0 saturated heterocycles. The number of phenolic OH excluding ortho intramolecular Hbond substituents is 1. The van der Waals surface area contributed by atoms with Crippen LogP contribution in [0.3, 0.4) is 0 Å². The molecule has 4 rings (SSSR count). The zero-order chi connectivity index (χ0) is 17.6. The Bertz CT molecular complexity index is 1060. The Hall–Kier alpha value is -2.19. The number of amides is 1. The van der Waals surface area contributed by atoms with Gasteiger partial charge in [-0.25, -0.2) is 4.98 Å². The Morgan fingerprint density at radius 1 is 1.40 bits per heavy atom. The quantitative estimate of drug-likeness (QED) is 0.607. The van der Waals surface area contributed by atoms with Crippen molar-refractivity contribution in [2.45, 2.75) is 25.8 Å². The summed E-state index contributed by atoms with van der Waals surface area (Å²) in [4.78, 5) is 33.5. The molecular formula is C17H14BrN3O3S. The maximum Gasteiger partial charge on any atom is 0.287 e. The predicted octanol–water partition coefficient (Wildman–Crippen LogP) is 2.87. The van der Waals surface area contributed by atoms with E-state index < -0.39 is 5.91 Å². The van der Waals surface area contributed by atoms with Crippen molar-refractivity contribution in [2.75, 3.05) is 0 Å². The van der Waals surface area contributed by atoms with Crippen LogP contribution >= 0.6 is 27.3 Å². The van der Waals surface area contributed by atoms with Gasteiger partial charge in [-0.05, 0) is 58.5 Å². The number of aryl methyl sites for hydroxylation is 2. The number of aromatic nitrogens is 2. The van der Waals surface area contributed by atoms with E-state index in [1.165, 1.54) is 16.2 Å². The van der Waals surface area contributed by atoms with Crippen molar-refractivity contribution >= 4 is 43.4 Å². The third kappa shape index (κ3) is 2.96. The molecule has 3 aromatic rings. The highest BCUT2D eigenvalue weighted by molar-refractivity contribution is 9.10. The fraction of sp³-hybridized carbons (Fsp3) is 0.235. The van der Waals surface area contributed by atoms with Crippen LogP contribution < -0.4 is 10.9 Å². The van der Waals surface area contributed by atoms with Gasteiger partial charge in [-0.15, -0.1) is 11.3 Å². The number of thiophene rings is 1. The average Bonchev–Trinajstić information content (AvgIpc) is 3.16. The minimum absolute atomic E-state index is 0.0234. The lowest BCUT2D eigenvalue weighted by atomic mass is 10.2. The number of carbonyl (C=O) groups excluding carboxylic acids is 1. The van der Waals surface area contributed by atoms with Crippen molar-refractivity contribution in [2.24, 2.45) is 0 Å². The number of carbonyl (C=O) groups is 1. The molecule has 0 aliphatic heterocycles. The monoisotopic (exact) mass is 419 g/mol. The van der Waals surface area contributed by atoms with E-state index in [9.17, 15) is 14.7 Å². The molecule has 8 heteroatoms. The molecule has 0 bridgehead atoms. The minimum atomic E-state index is -0.434. The lowest BCUT2D eigenvalue weighted by Gasteiger charge is -2.06. The standard InChI is InChI=1S/C17H14BrN3O3S/c18-10-6-8(4-5-11(10)22)7-19-16(24)14-20-15(23)13-9-2-1-3-12(9)25-17(13)21-14/h4-6,22H,1-3,7H2,(H,19,24)(H,20,21,23). The second kappa shape index (κ2) is 6.27. The van der Waals surface area contributed by atoms with Gasteiger partial charge in [-0.3, -0.25) is 9.59 Å². The number of fused-ring (bicyclic) bond motifs is 3. The van der Waals surface area contributed by atoms with Gasteiger partial charge in [-0.1, -0.05) is 6.07 Å². The molecule has 25 heavy (non-hydrogen) atoms. The van der Waals surface area contributed by atoms with Gasteiger partial charge >= 0.3 is 0 Å². The van der Waals surface area contributed by atoms with Gasteiger partial charge in [0.25, 0.3) is 11.5 Å². The number of H-pyrrole nitrogens is 1. The molecule has 2 heterocycles. The summed E-state index contributed by atoms with van der Waals surface area (Å²) >= 11 is 4.74. The van der Waals surface area contributed by atoms with Gasteiger partial charge in [0.2, 0.25) is 5.82 Å². The number of halogens is 1. The molecule has 6 nitrogen and oxygen atoms in total. The van der Waals surface area contributed by atoms with Gasteiger partial charge in [0.15, 0.2) is 0 Å². The van der Waals surface area contributed by atoms with E-state index in [1.807, 2.05) is 0 Å². The molecule has 1 aliphatic rings. The van der Waals surface area contributed by atoms with Crippen molar-refractivity contribution < 1.29 is 9.90 Å². The number of hydrogen-bond acceptors (Lipinski definition) is 5. The van der Waals surface area contributed by atoms with Crippen LogP contribution in [0.2, 0.25) is 0 Å². The van der Waals surface area contributed by atoms with E-state index in [4.69, 9.17) is 0 Å². The van der Waals surface area contributed by atoms with Crippen molar-refractivity contribution in [1.82, 2.24) is 15.3 Å². The molecule has 1 aliphatic carbocycles. The van der Waals surface area contributed by atoms with Crippen LogP contribution in [0.5, 0.6) is 5.75 Å². The van der Waals surface area contributed by atoms with Crippen LogP contribution in [-0.4, -0.2) is 21.0 Å². The molecule has 1 amide bonds. The van der Waals surface area contributed by atoms with Crippen molar-refractivity contribution in [3.63, 3.8) is 0 Å². The summed E-state index contributed by atoms with van der Waals surface area (Å²) < 4.78 is 0.556. The van der Waals surface area contributed by atoms with Crippen LogP contribution in [0.15, 0.2) is 27.5 Å². The topological polar surface area (TPSA) is 95.1 Å². The first-order valence-corrected chi connectivity index (χ1v) is 9.44. The van der Waals surface area contributed by atoms with E-state index in [1.54, 1.807) is 18.2 Å². The van der Waals surface area contributed by atoms with Crippen molar-refractivity contribution in [1.29, 1.82) is 0 Å². The van der Waals surface area contributed by atoms with Crippen LogP contribution in [0.4, 0.5) is 0 Å². The number of rotatable bonds is 3. The highest BCUT2D eigenvalue weighted by Crippen LogP contribution is 2.34. The molecule has 0 saturated carbocycles. The molecule has 0 spiro atoms.